The lowest BCUT2D eigenvalue weighted by Crippen LogP contribution is -2.17. The Morgan fingerprint density at radius 2 is 1.43 bits per heavy atom. The monoisotopic (exact) mass is 480 g/mol. The van der Waals surface area contributed by atoms with Gasteiger partial charge in [-0.2, -0.15) is 0 Å². The van der Waals surface area contributed by atoms with Gasteiger partial charge in [-0.25, -0.2) is 15.0 Å². The first-order valence-electron chi connectivity index (χ1n) is 10.3. The van der Waals surface area contributed by atoms with Crippen LogP contribution in [-0.4, -0.2) is 27.2 Å². The predicted molar refractivity (Wildman–Crippen MR) is 125 cm³/mol. The molecule has 4 aromatic rings. The molecule has 11 heteroatoms. The van der Waals surface area contributed by atoms with E-state index < -0.39 is 18.0 Å². The number of ether oxygens (including phenoxy) is 1. The summed E-state index contributed by atoms with van der Waals surface area (Å²) in [7, 11) is 0. The number of anilines is 5. The summed E-state index contributed by atoms with van der Waals surface area (Å²) < 4.78 is 40.6. The number of benzene rings is 2. The lowest BCUT2D eigenvalue weighted by molar-refractivity contribution is -0.274. The minimum absolute atomic E-state index is 0.186. The van der Waals surface area contributed by atoms with Crippen LogP contribution in [0.15, 0.2) is 79.3 Å². The molecule has 8 nitrogen and oxygen atoms in total. The third-order valence-corrected chi connectivity index (χ3v) is 4.60. The number of halogens is 3. The maximum atomic E-state index is 12.4. The van der Waals surface area contributed by atoms with Crippen molar-refractivity contribution in [2.24, 2.45) is 0 Å². The van der Waals surface area contributed by atoms with Gasteiger partial charge >= 0.3 is 6.36 Å². The van der Waals surface area contributed by atoms with Crippen molar-refractivity contribution in [1.82, 2.24) is 15.0 Å². The van der Waals surface area contributed by atoms with E-state index in [-0.39, 0.29) is 5.56 Å². The molecule has 35 heavy (non-hydrogen) atoms. The molecule has 0 atom stereocenters. The Morgan fingerprint density at radius 3 is 2.09 bits per heavy atom. The zero-order valence-electron chi connectivity index (χ0n) is 18.3. The van der Waals surface area contributed by atoms with Crippen molar-refractivity contribution in [3.8, 4) is 5.75 Å². The Labute approximate surface area is 198 Å². The van der Waals surface area contributed by atoms with Crippen molar-refractivity contribution in [2.45, 2.75) is 13.3 Å². The fourth-order valence-electron chi connectivity index (χ4n) is 3.03. The van der Waals surface area contributed by atoms with Gasteiger partial charge in [0.25, 0.3) is 5.91 Å². The molecule has 4 rings (SSSR count). The highest BCUT2D eigenvalue weighted by Gasteiger charge is 2.31. The van der Waals surface area contributed by atoms with E-state index in [1.165, 1.54) is 18.5 Å². The Kier molecular flexibility index (Phi) is 6.76. The van der Waals surface area contributed by atoms with E-state index in [2.05, 4.69) is 35.6 Å². The van der Waals surface area contributed by atoms with Crippen LogP contribution >= 0.6 is 0 Å². The van der Waals surface area contributed by atoms with Crippen LogP contribution in [0.2, 0.25) is 0 Å². The van der Waals surface area contributed by atoms with Crippen LogP contribution in [-0.2, 0) is 0 Å². The van der Waals surface area contributed by atoms with Gasteiger partial charge in [-0.15, -0.1) is 13.2 Å². The lowest BCUT2D eigenvalue weighted by atomic mass is 10.2. The Bertz CT molecular complexity index is 1310. The van der Waals surface area contributed by atoms with Crippen LogP contribution < -0.4 is 20.7 Å². The van der Waals surface area contributed by atoms with E-state index in [4.69, 9.17) is 0 Å². The van der Waals surface area contributed by atoms with Crippen molar-refractivity contribution in [3.63, 3.8) is 0 Å². The number of pyridine rings is 1. The molecule has 0 spiro atoms. The van der Waals surface area contributed by atoms with E-state index in [0.717, 1.165) is 23.4 Å². The van der Waals surface area contributed by atoms with Crippen molar-refractivity contribution >= 4 is 34.7 Å². The van der Waals surface area contributed by atoms with E-state index in [0.29, 0.717) is 23.1 Å². The molecule has 2 aromatic heterocycles. The number of aryl methyl sites for hydroxylation is 1. The molecule has 2 aromatic carbocycles. The fourth-order valence-corrected chi connectivity index (χ4v) is 3.03. The van der Waals surface area contributed by atoms with Crippen molar-refractivity contribution < 1.29 is 22.7 Å². The number of nitrogens with one attached hydrogen (secondary N) is 3. The molecule has 0 unspecified atom stereocenters. The summed E-state index contributed by atoms with van der Waals surface area (Å²) in [5, 5.41) is 8.95. The molecule has 0 fully saturated rings. The first-order valence-corrected chi connectivity index (χ1v) is 10.3. The van der Waals surface area contributed by atoms with Crippen LogP contribution in [0.3, 0.4) is 0 Å². The highest BCUT2D eigenvalue weighted by molar-refractivity contribution is 6.04. The summed E-state index contributed by atoms with van der Waals surface area (Å²) in [5.74, 6) is 0.907. The third-order valence-electron chi connectivity index (χ3n) is 4.60. The Balaban J connectivity index is 1.35. The van der Waals surface area contributed by atoms with Gasteiger partial charge in [-0.3, -0.25) is 4.79 Å². The molecule has 3 N–H and O–H groups in total. The molecule has 0 radical (unpaired) electrons. The number of carbonyl (C=O) groups excluding carboxylic acids is 1. The number of alkyl halides is 3. The van der Waals surface area contributed by atoms with Gasteiger partial charge in [0.15, 0.2) is 0 Å². The predicted octanol–water partition coefficient (Wildman–Crippen LogP) is 5.82. The second-order valence-electron chi connectivity index (χ2n) is 7.36. The highest BCUT2D eigenvalue weighted by Crippen LogP contribution is 2.24. The summed E-state index contributed by atoms with van der Waals surface area (Å²) in [6.07, 6.45) is -1.67. The van der Waals surface area contributed by atoms with Gasteiger partial charge in [0.1, 0.15) is 29.5 Å². The van der Waals surface area contributed by atoms with Crippen molar-refractivity contribution in [3.05, 3.63) is 90.4 Å². The zero-order valence-corrected chi connectivity index (χ0v) is 18.3. The number of rotatable bonds is 7. The van der Waals surface area contributed by atoms with Gasteiger partial charge in [-0.1, -0.05) is 0 Å². The standard InChI is InChI=1S/C24H19F3N6O2/c1-15-10-11-28-20(12-15)33-22-13-21(29-14-30-22)31-17-4-6-18(7-5-17)32-23(34)16-2-8-19(9-3-16)35-24(25,26)27/h2-14H,1H3,(H,32,34)(H2,28,29,30,31,33). The molecule has 0 saturated heterocycles. The number of nitrogens with zero attached hydrogens (tertiary/aromatic N) is 3. The van der Waals surface area contributed by atoms with Crippen LogP contribution in [0.4, 0.5) is 42.0 Å². The summed E-state index contributed by atoms with van der Waals surface area (Å²) in [6, 6.07) is 17.0. The van der Waals surface area contributed by atoms with E-state index in [1.54, 1.807) is 36.5 Å². The molecule has 0 bridgehead atoms. The molecule has 0 aliphatic heterocycles. The first-order chi connectivity index (χ1) is 16.7. The Morgan fingerprint density at radius 1 is 0.800 bits per heavy atom. The molecule has 0 aliphatic carbocycles. The molecule has 1 amide bonds. The minimum Gasteiger partial charge on any atom is -0.406 e. The number of carbonyl (C=O) groups is 1. The maximum absolute atomic E-state index is 12.4. The number of aromatic nitrogens is 3. The summed E-state index contributed by atoms with van der Waals surface area (Å²) >= 11 is 0. The number of hydrogen-bond donors (Lipinski definition) is 3. The lowest BCUT2D eigenvalue weighted by Gasteiger charge is -2.11. The van der Waals surface area contributed by atoms with E-state index in [9.17, 15) is 18.0 Å². The normalized spacial score (nSPS) is 11.0. The first kappa shape index (κ1) is 23.5. The Hall–Kier alpha value is -4.67. The van der Waals surface area contributed by atoms with Crippen LogP contribution in [0.5, 0.6) is 5.75 Å². The molecule has 178 valence electrons. The molecular weight excluding hydrogens is 461 g/mol. The van der Waals surface area contributed by atoms with E-state index in [1.807, 2.05) is 19.1 Å². The van der Waals surface area contributed by atoms with E-state index >= 15 is 0 Å². The van der Waals surface area contributed by atoms with Gasteiger partial charge in [0.2, 0.25) is 0 Å². The molecule has 2 heterocycles. The SMILES string of the molecule is Cc1ccnc(Nc2cc(Nc3ccc(NC(=O)c4ccc(OC(F)(F)F)cc4)cc3)ncn2)c1. The molecular formula is C24H19F3N6O2. The average molecular weight is 480 g/mol. The minimum atomic E-state index is -4.79. The number of hydrogen-bond acceptors (Lipinski definition) is 7. The average Bonchev–Trinajstić information content (AvgIpc) is 2.80. The van der Waals surface area contributed by atoms with Crippen molar-refractivity contribution in [2.75, 3.05) is 16.0 Å². The second kappa shape index (κ2) is 10.1. The van der Waals surface area contributed by atoms with Gasteiger partial charge in [0.05, 0.1) is 0 Å². The van der Waals surface area contributed by atoms with Gasteiger partial charge in [0, 0.05) is 29.2 Å². The smallest absolute Gasteiger partial charge is 0.406 e. The summed E-state index contributed by atoms with van der Waals surface area (Å²) in [6.45, 7) is 1.97. The van der Waals surface area contributed by atoms with Crippen LogP contribution in [0.1, 0.15) is 15.9 Å². The second-order valence-corrected chi connectivity index (χ2v) is 7.36. The number of amides is 1. The van der Waals surface area contributed by atoms with Gasteiger partial charge < -0.3 is 20.7 Å². The fraction of sp³-hybridized carbons (Fsp3) is 0.0833. The quantitative estimate of drug-likeness (QED) is 0.306. The molecule has 0 aliphatic rings. The molecule has 0 saturated carbocycles. The van der Waals surface area contributed by atoms with Crippen molar-refractivity contribution in [1.29, 1.82) is 0 Å². The largest absolute Gasteiger partial charge is 0.573 e. The highest BCUT2D eigenvalue weighted by atomic mass is 19.4. The topological polar surface area (TPSA) is 101 Å². The third kappa shape index (κ3) is 6.90. The maximum Gasteiger partial charge on any atom is 0.573 e. The summed E-state index contributed by atoms with van der Waals surface area (Å²) in [5.41, 5.74) is 2.47. The van der Waals surface area contributed by atoms with Crippen LogP contribution in [0, 0.1) is 6.92 Å². The zero-order chi connectivity index (χ0) is 24.8. The van der Waals surface area contributed by atoms with Crippen LogP contribution in [0.25, 0.3) is 0 Å². The van der Waals surface area contributed by atoms with Gasteiger partial charge in [-0.05, 0) is 73.2 Å². The summed E-state index contributed by atoms with van der Waals surface area (Å²) in [4.78, 5) is 25.0.